The maximum absolute atomic E-state index is 8.91. The van der Waals surface area contributed by atoms with Crippen LogP contribution in [0.4, 0.5) is 0 Å². The second kappa shape index (κ2) is 5.27. The van der Waals surface area contributed by atoms with Gasteiger partial charge in [0, 0.05) is 6.20 Å². The van der Waals surface area contributed by atoms with Gasteiger partial charge in [-0.3, -0.25) is 4.98 Å². The first-order valence-electron chi connectivity index (χ1n) is 4.23. The summed E-state index contributed by atoms with van der Waals surface area (Å²) >= 11 is 0. The van der Waals surface area contributed by atoms with E-state index in [-0.39, 0.29) is 0 Å². The number of hydrogen-bond acceptors (Lipinski definition) is 2. The van der Waals surface area contributed by atoms with Gasteiger partial charge in [0.25, 0.3) is 0 Å². The molecular weight excluding hydrogens is 162 g/mol. The van der Waals surface area contributed by atoms with Crippen molar-refractivity contribution in [3.8, 4) is 0 Å². The third-order valence-corrected chi connectivity index (χ3v) is 1.46. The summed E-state index contributed by atoms with van der Waals surface area (Å²) < 4.78 is 0. The van der Waals surface area contributed by atoms with Gasteiger partial charge in [0.15, 0.2) is 0 Å². The molecule has 0 unspecified atom stereocenters. The van der Waals surface area contributed by atoms with Gasteiger partial charge in [-0.2, -0.15) is 0 Å². The Bertz CT molecular complexity index is 288. The van der Waals surface area contributed by atoms with E-state index in [2.05, 4.69) is 4.98 Å². The molecule has 0 saturated heterocycles. The topological polar surface area (TPSA) is 33.1 Å². The Balaban J connectivity index is 2.50. The summed E-state index contributed by atoms with van der Waals surface area (Å²) in [5, 5.41) is 8.91. The quantitative estimate of drug-likeness (QED) is 0.713. The summed E-state index contributed by atoms with van der Waals surface area (Å²) in [6, 6.07) is 5.74. The molecule has 0 spiro atoms. The van der Waals surface area contributed by atoms with Crippen molar-refractivity contribution < 1.29 is 5.11 Å². The van der Waals surface area contributed by atoms with Gasteiger partial charge in [0.05, 0.1) is 11.8 Å². The van der Waals surface area contributed by atoms with Crippen molar-refractivity contribution in [2.75, 3.05) is 0 Å². The Labute approximate surface area is 78.3 Å². The molecule has 0 aliphatic heterocycles. The lowest BCUT2D eigenvalue weighted by Crippen LogP contribution is -1.90. The van der Waals surface area contributed by atoms with Crippen LogP contribution in [0.25, 0.3) is 6.08 Å². The first kappa shape index (κ1) is 9.68. The minimum atomic E-state index is -0.395. The zero-order valence-corrected chi connectivity index (χ0v) is 7.59. The van der Waals surface area contributed by atoms with E-state index in [9.17, 15) is 0 Å². The van der Waals surface area contributed by atoms with Crippen molar-refractivity contribution in [1.82, 2.24) is 4.98 Å². The van der Waals surface area contributed by atoms with E-state index in [0.717, 1.165) is 5.69 Å². The molecule has 1 aromatic heterocycles. The lowest BCUT2D eigenvalue weighted by Gasteiger charge is -1.90. The van der Waals surface area contributed by atoms with E-state index >= 15 is 0 Å². The molecule has 1 heterocycles. The molecule has 0 saturated carbocycles. The standard InChI is InChI=1S/C11H13NO/c1-10(13)6-2-3-7-11-8-4-5-9-12-11/h2-10,13H,1H3/t10-/m1/s1. The van der Waals surface area contributed by atoms with Gasteiger partial charge in [-0.25, -0.2) is 0 Å². The number of pyridine rings is 1. The first-order valence-corrected chi connectivity index (χ1v) is 4.23. The van der Waals surface area contributed by atoms with Crippen molar-refractivity contribution in [3.63, 3.8) is 0 Å². The SMILES string of the molecule is C[C@@H](O)C=CC=Cc1ccccn1. The molecule has 0 radical (unpaired) electrons. The van der Waals surface area contributed by atoms with Crippen LogP contribution in [-0.2, 0) is 0 Å². The molecule has 1 rings (SSSR count). The van der Waals surface area contributed by atoms with Crippen LogP contribution >= 0.6 is 0 Å². The van der Waals surface area contributed by atoms with Crippen molar-refractivity contribution in [2.24, 2.45) is 0 Å². The number of aliphatic hydroxyl groups excluding tert-OH is 1. The normalized spacial score (nSPS) is 14.0. The van der Waals surface area contributed by atoms with Gasteiger partial charge in [-0.1, -0.05) is 24.3 Å². The van der Waals surface area contributed by atoms with Crippen molar-refractivity contribution in [2.45, 2.75) is 13.0 Å². The Morgan fingerprint density at radius 1 is 1.38 bits per heavy atom. The molecule has 68 valence electrons. The van der Waals surface area contributed by atoms with Crippen molar-refractivity contribution in [1.29, 1.82) is 0 Å². The lowest BCUT2D eigenvalue weighted by molar-refractivity contribution is 0.244. The first-order chi connectivity index (χ1) is 6.29. The predicted molar refractivity (Wildman–Crippen MR) is 54.1 cm³/mol. The zero-order valence-electron chi connectivity index (χ0n) is 7.59. The van der Waals surface area contributed by atoms with Gasteiger partial charge >= 0.3 is 0 Å². The third kappa shape index (κ3) is 4.23. The fourth-order valence-electron chi connectivity index (χ4n) is 0.854. The highest BCUT2D eigenvalue weighted by Crippen LogP contribution is 1.96. The number of hydrogen-bond donors (Lipinski definition) is 1. The summed E-state index contributed by atoms with van der Waals surface area (Å²) in [4.78, 5) is 4.11. The number of aliphatic hydroxyl groups is 1. The molecule has 0 aliphatic carbocycles. The molecule has 0 aromatic carbocycles. The van der Waals surface area contributed by atoms with E-state index in [4.69, 9.17) is 5.11 Å². The van der Waals surface area contributed by atoms with Crippen LogP contribution in [0.2, 0.25) is 0 Å². The molecule has 13 heavy (non-hydrogen) atoms. The summed E-state index contributed by atoms with van der Waals surface area (Å²) in [6.07, 6.45) is 8.61. The molecule has 0 fully saturated rings. The molecule has 1 aromatic rings. The summed E-state index contributed by atoms with van der Waals surface area (Å²) in [7, 11) is 0. The maximum atomic E-state index is 8.91. The minimum Gasteiger partial charge on any atom is -0.389 e. The van der Waals surface area contributed by atoms with Crippen molar-refractivity contribution >= 4 is 6.08 Å². The van der Waals surface area contributed by atoms with Gasteiger partial charge < -0.3 is 5.11 Å². The van der Waals surface area contributed by atoms with Crippen LogP contribution in [0.1, 0.15) is 12.6 Å². The zero-order chi connectivity index (χ0) is 9.52. The van der Waals surface area contributed by atoms with Crippen LogP contribution in [0, 0.1) is 0 Å². The van der Waals surface area contributed by atoms with E-state index in [1.165, 1.54) is 0 Å². The minimum absolute atomic E-state index is 0.395. The molecule has 2 nitrogen and oxygen atoms in total. The van der Waals surface area contributed by atoms with Gasteiger partial charge in [0.2, 0.25) is 0 Å². The van der Waals surface area contributed by atoms with E-state index in [1.54, 1.807) is 25.3 Å². The molecule has 2 heteroatoms. The Hall–Kier alpha value is -1.41. The van der Waals surface area contributed by atoms with Crippen LogP contribution < -0.4 is 0 Å². The Morgan fingerprint density at radius 2 is 2.23 bits per heavy atom. The van der Waals surface area contributed by atoms with E-state index in [1.807, 2.05) is 30.4 Å². The Kier molecular flexibility index (Phi) is 3.93. The molecule has 1 N–H and O–H groups in total. The summed E-state index contributed by atoms with van der Waals surface area (Å²) in [5.74, 6) is 0. The highest BCUT2D eigenvalue weighted by atomic mass is 16.3. The van der Waals surface area contributed by atoms with Gasteiger partial charge in [0.1, 0.15) is 0 Å². The highest BCUT2D eigenvalue weighted by molar-refractivity contribution is 5.46. The fraction of sp³-hybridized carbons (Fsp3) is 0.182. The van der Waals surface area contributed by atoms with E-state index < -0.39 is 6.10 Å². The Morgan fingerprint density at radius 3 is 2.85 bits per heavy atom. The number of allylic oxidation sites excluding steroid dienone is 2. The number of aromatic nitrogens is 1. The largest absolute Gasteiger partial charge is 0.389 e. The van der Waals surface area contributed by atoms with Crippen LogP contribution in [0.3, 0.4) is 0 Å². The molecule has 0 aliphatic rings. The van der Waals surface area contributed by atoms with E-state index in [0.29, 0.717) is 0 Å². The summed E-state index contributed by atoms with van der Waals surface area (Å²) in [6.45, 7) is 1.71. The molecule has 0 bridgehead atoms. The second-order valence-electron chi connectivity index (χ2n) is 2.74. The molecule has 1 atom stereocenters. The average Bonchev–Trinajstić information content (AvgIpc) is 2.14. The smallest absolute Gasteiger partial charge is 0.0695 e. The van der Waals surface area contributed by atoms with Crippen LogP contribution in [0.15, 0.2) is 42.6 Å². The number of nitrogens with zero attached hydrogens (tertiary/aromatic N) is 1. The maximum Gasteiger partial charge on any atom is 0.0695 e. The molecular formula is C11H13NO. The fourth-order valence-corrected chi connectivity index (χ4v) is 0.854. The second-order valence-corrected chi connectivity index (χ2v) is 2.74. The van der Waals surface area contributed by atoms with Gasteiger partial charge in [-0.05, 0) is 25.1 Å². The number of rotatable bonds is 3. The third-order valence-electron chi connectivity index (χ3n) is 1.46. The van der Waals surface area contributed by atoms with Gasteiger partial charge in [-0.15, -0.1) is 0 Å². The molecule has 0 amide bonds. The lowest BCUT2D eigenvalue weighted by atomic mass is 10.3. The van der Waals surface area contributed by atoms with Crippen LogP contribution in [0.5, 0.6) is 0 Å². The average molecular weight is 175 g/mol. The predicted octanol–water partition coefficient (Wildman–Crippen LogP) is 2.03. The summed E-state index contributed by atoms with van der Waals surface area (Å²) in [5.41, 5.74) is 0.915. The van der Waals surface area contributed by atoms with Crippen molar-refractivity contribution in [3.05, 3.63) is 48.3 Å². The van der Waals surface area contributed by atoms with Crippen LogP contribution in [-0.4, -0.2) is 16.2 Å². The monoisotopic (exact) mass is 175 g/mol. The highest BCUT2D eigenvalue weighted by Gasteiger charge is 1.83.